The largest absolute Gasteiger partial charge is 0.306 e. The van der Waals surface area contributed by atoms with Gasteiger partial charge in [-0.3, -0.25) is 0 Å². The van der Waals surface area contributed by atoms with Crippen molar-refractivity contribution in [1.29, 1.82) is 5.26 Å². The van der Waals surface area contributed by atoms with Gasteiger partial charge in [0.1, 0.15) is 0 Å². The maximum atomic E-state index is 8.52. The van der Waals surface area contributed by atoms with Crippen LogP contribution in [0.2, 0.25) is 0 Å². The number of rotatable bonds is 1. The summed E-state index contributed by atoms with van der Waals surface area (Å²) in [5, 5.41) is 11.9. The van der Waals surface area contributed by atoms with E-state index in [1.165, 1.54) is 0 Å². The lowest BCUT2D eigenvalue weighted by molar-refractivity contribution is 0.488. The number of nitrogens with one attached hydrogen (secondary N) is 1. The number of hydrogen-bond acceptors (Lipinski definition) is 2. The van der Waals surface area contributed by atoms with Crippen LogP contribution in [-0.2, 0) is 0 Å². The number of nitriles is 1. The van der Waals surface area contributed by atoms with Gasteiger partial charge in [0, 0.05) is 6.54 Å². The topological polar surface area (TPSA) is 35.8 Å². The summed E-state index contributed by atoms with van der Waals surface area (Å²) >= 11 is 0. The molecule has 2 aliphatic rings. The van der Waals surface area contributed by atoms with Crippen molar-refractivity contribution in [3.05, 3.63) is 12.2 Å². The van der Waals surface area contributed by atoms with Crippen molar-refractivity contribution in [2.75, 3.05) is 6.54 Å². The van der Waals surface area contributed by atoms with Crippen molar-refractivity contribution in [3.63, 3.8) is 0 Å². The van der Waals surface area contributed by atoms with Gasteiger partial charge in [-0.1, -0.05) is 12.2 Å². The minimum absolute atomic E-state index is 0.0689. The molecule has 0 saturated carbocycles. The van der Waals surface area contributed by atoms with Crippen molar-refractivity contribution in [3.8, 4) is 6.07 Å². The van der Waals surface area contributed by atoms with Gasteiger partial charge < -0.3 is 5.32 Å². The molecule has 10 heavy (non-hydrogen) atoms. The lowest BCUT2D eigenvalue weighted by atomic mass is 9.97. The van der Waals surface area contributed by atoms with Crippen molar-refractivity contribution in [2.24, 2.45) is 5.92 Å². The Morgan fingerprint density at radius 3 is 3.10 bits per heavy atom. The summed E-state index contributed by atoms with van der Waals surface area (Å²) in [6.45, 7) is 1.07. The minimum atomic E-state index is 0.0689. The Morgan fingerprint density at radius 1 is 1.80 bits per heavy atom. The molecule has 1 fully saturated rings. The molecule has 1 N–H and O–H groups in total. The Bertz CT molecular complexity index is 214. The van der Waals surface area contributed by atoms with Crippen LogP contribution in [0.25, 0.3) is 0 Å². The zero-order chi connectivity index (χ0) is 7.03. The van der Waals surface area contributed by atoms with Gasteiger partial charge >= 0.3 is 0 Å². The van der Waals surface area contributed by atoms with Crippen LogP contribution in [-0.4, -0.2) is 12.1 Å². The Morgan fingerprint density at radius 2 is 2.70 bits per heavy atom. The van der Waals surface area contributed by atoms with Crippen LogP contribution in [0.1, 0.15) is 12.8 Å². The van der Waals surface area contributed by atoms with Crippen molar-refractivity contribution in [1.82, 2.24) is 5.32 Å². The molecule has 1 heterocycles. The molecule has 2 nitrogen and oxygen atoms in total. The molecule has 0 radical (unpaired) electrons. The van der Waals surface area contributed by atoms with Crippen molar-refractivity contribution >= 4 is 0 Å². The van der Waals surface area contributed by atoms with E-state index in [1.807, 2.05) is 0 Å². The average Bonchev–Trinajstić information content (AvgIpc) is 2.46. The molecule has 0 aromatic heterocycles. The number of hydrogen-bond donors (Lipinski definition) is 1. The van der Waals surface area contributed by atoms with Crippen LogP contribution in [0.4, 0.5) is 0 Å². The van der Waals surface area contributed by atoms with Gasteiger partial charge in [-0.2, -0.15) is 5.26 Å². The zero-order valence-electron chi connectivity index (χ0n) is 5.80. The summed E-state index contributed by atoms with van der Waals surface area (Å²) in [7, 11) is 0. The van der Waals surface area contributed by atoms with E-state index in [0.29, 0.717) is 12.3 Å². The molecule has 0 spiro atoms. The highest BCUT2D eigenvalue weighted by molar-refractivity contribution is 5.23. The fourth-order valence-corrected chi connectivity index (χ4v) is 1.86. The van der Waals surface area contributed by atoms with Crippen molar-refractivity contribution in [2.45, 2.75) is 18.4 Å². The summed E-state index contributed by atoms with van der Waals surface area (Å²) in [6.07, 6.45) is 6.15. The van der Waals surface area contributed by atoms with E-state index >= 15 is 0 Å². The lowest BCUT2D eigenvalue weighted by Gasteiger charge is -2.20. The quantitative estimate of drug-likeness (QED) is 0.539. The van der Waals surface area contributed by atoms with Gasteiger partial charge in [-0.05, 0) is 12.3 Å². The molecule has 2 heteroatoms. The van der Waals surface area contributed by atoms with Crippen LogP contribution in [0.3, 0.4) is 0 Å². The maximum absolute atomic E-state index is 8.52. The Hall–Kier alpha value is -0.810. The van der Waals surface area contributed by atoms with E-state index in [-0.39, 0.29) is 5.54 Å². The fourth-order valence-electron chi connectivity index (χ4n) is 1.86. The predicted octanol–water partition coefficient (Wildman–Crippen LogP) is 0.818. The number of nitrogens with zero attached hydrogens (tertiary/aromatic N) is 1. The average molecular weight is 134 g/mol. The first-order chi connectivity index (χ1) is 4.85. The van der Waals surface area contributed by atoms with Crippen LogP contribution >= 0.6 is 0 Å². The normalized spacial score (nSPS) is 42.1. The first-order valence-electron chi connectivity index (χ1n) is 3.66. The molecule has 1 saturated heterocycles. The minimum Gasteiger partial charge on any atom is -0.306 e. The lowest BCUT2D eigenvalue weighted by Crippen LogP contribution is -2.37. The second-order valence-corrected chi connectivity index (χ2v) is 3.20. The van der Waals surface area contributed by atoms with Crippen LogP contribution in [0.5, 0.6) is 0 Å². The molecule has 2 bridgehead atoms. The maximum Gasteiger partial charge on any atom is 0.0644 e. The molecular formula is C8H10N2. The van der Waals surface area contributed by atoms with Gasteiger partial charge in [0.05, 0.1) is 18.0 Å². The van der Waals surface area contributed by atoms with E-state index < -0.39 is 0 Å². The smallest absolute Gasteiger partial charge is 0.0644 e. The van der Waals surface area contributed by atoms with Gasteiger partial charge in [-0.15, -0.1) is 0 Å². The van der Waals surface area contributed by atoms with Crippen LogP contribution < -0.4 is 5.32 Å². The fraction of sp³-hybridized carbons (Fsp3) is 0.625. The van der Waals surface area contributed by atoms with Gasteiger partial charge in [0.15, 0.2) is 0 Å². The van der Waals surface area contributed by atoms with E-state index in [2.05, 4.69) is 23.5 Å². The molecule has 2 rings (SSSR count). The first kappa shape index (κ1) is 5.94. The zero-order valence-corrected chi connectivity index (χ0v) is 5.80. The van der Waals surface area contributed by atoms with Gasteiger partial charge in [-0.25, -0.2) is 0 Å². The summed E-state index contributed by atoms with van der Waals surface area (Å²) in [6, 6.07) is 2.21. The standard InChI is InChI=1S/C8H10N2/c9-4-3-8-2-1-7(5-8)6-10-8/h1-2,7,10H,3,5-6H2. The second kappa shape index (κ2) is 1.83. The monoisotopic (exact) mass is 134 g/mol. The summed E-state index contributed by atoms with van der Waals surface area (Å²) < 4.78 is 0. The number of fused-ring (bicyclic) bond motifs is 2. The molecule has 2 atom stereocenters. The highest BCUT2D eigenvalue weighted by Crippen LogP contribution is 2.35. The van der Waals surface area contributed by atoms with E-state index in [4.69, 9.17) is 5.26 Å². The Balaban J connectivity index is 2.18. The second-order valence-electron chi connectivity index (χ2n) is 3.20. The van der Waals surface area contributed by atoms with E-state index in [9.17, 15) is 0 Å². The third-order valence-electron chi connectivity index (χ3n) is 2.42. The third-order valence-corrected chi connectivity index (χ3v) is 2.42. The molecule has 1 aliphatic heterocycles. The molecule has 2 unspecified atom stereocenters. The molecule has 0 aromatic carbocycles. The molecule has 0 aromatic rings. The molecule has 1 aliphatic carbocycles. The van der Waals surface area contributed by atoms with E-state index in [0.717, 1.165) is 13.0 Å². The highest BCUT2D eigenvalue weighted by Gasteiger charge is 2.39. The summed E-state index contributed by atoms with van der Waals surface area (Å²) in [5.41, 5.74) is 0.0689. The summed E-state index contributed by atoms with van der Waals surface area (Å²) in [5.74, 6) is 0.702. The first-order valence-corrected chi connectivity index (χ1v) is 3.66. The molecular weight excluding hydrogens is 124 g/mol. The third kappa shape index (κ3) is 0.676. The van der Waals surface area contributed by atoms with Gasteiger partial charge in [0.25, 0.3) is 0 Å². The highest BCUT2D eigenvalue weighted by atomic mass is 15.0. The molecule has 52 valence electrons. The van der Waals surface area contributed by atoms with Crippen LogP contribution in [0.15, 0.2) is 12.2 Å². The predicted molar refractivity (Wildman–Crippen MR) is 38.2 cm³/mol. The summed E-state index contributed by atoms with van der Waals surface area (Å²) in [4.78, 5) is 0. The van der Waals surface area contributed by atoms with Crippen molar-refractivity contribution < 1.29 is 0 Å². The van der Waals surface area contributed by atoms with E-state index in [1.54, 1.807) is 0 Å². The molecule has 0 amide bonds. The van der Waals surface area contributed by atoms with Crippen LogP contribution in [0, 0.1) is 17.2 Å². The van der Waals surface area contributed by atoms with Gasteiger partial charge in [0.2, 0.25) is 0 Å². The SMILES string of the molecule is N#CCC12C=CC(CN1)C2. The Kier molecular flexibility index (Phi) is 1.09. The Labute approximate surface area is 60.5 Å².